The normalized spacial score (nSPS) is 17.2. The Bertz CT molecular complexity index is 845. The molecule has 1 heterocycles. The molecule has 1 unspecified atom stereocenters. The van der Waals surface area contributed by atoms with Crippen LogP contribution in [0.2, 0.25) is 0 Å². The average molecular weight is 524 g/mol. The van der Waals surface area contributed by atoms with Crippen molar-refractivity contribution < 1.29 is 28.7 Å². The van der Waals surface area contributed by atoms with Crippen LogP contribution in [0.15, 0.2) is 11.6 Å². The fourth-order valence-corrected chi connectivity index (χ4v) is 4.23. The van der Waals surface area contributed by atoms with Gasteiger partial charge in [-0.25, -0.2) is 9.59 Å². The number of likely N-dealkylation sites (N-methyl/N-ethyl adjacent to an activating group) is 1. The number of hydrogen-bond acceptors (Lipinski definition) is 6. The van der Waals surface area contributed by atoms with Crippen LogP contribution < -0.4 is 5.32 Å². The van der Waals surface area contributed by atoms with Crippen molar-refractivity contribution in [3.63, 3.8) is 0 Å². The second kappa shape index (κ2) is 13.3. The summed E-state index contributed by atoms with van der Waals surface area (Å²) < 4.78 is 10.5. The zero-order valence-corrected chi connectivity index (χ0v) is 24.8. The Morgan fingerprint density at radius 1 is 1.05 bits per heavy atom. The number of piperidine rings is 1. The quantitative estimate of drug-likeness (QED) is 0.378. The van der Waals surface area contributed by atoms with E-state index in [9.17, 15) is 19.2 Å². The molecule has 1 fully saturated rings. The summed E-state index contributed by atoms with van der Waals surface area (Å²) in [4.78, 5) is 54.7. The predicted molar refractivity (Wildman–Crippen MR) is 144 cm³/mol. The van der Waals surface area contributed by atoms with Gasteiger partial charge in [0, 0.05) is 31.6 Å². The Kier molecular flexibility index (Phi) is 11.7. The molecule has 0 aromatic carbocycles. The maximum absolute atomic E-state index is 13.7. The van der Waals surface area contributed by atoms with Gasteiger partial charge in [0.15, 0.2) is 0 Å². The lowest BCUT2D eigenvalue weighted by molar-refractivity contribution is -0.141. The molecule has 9 heteroatoms. The molecule has 0 aromatic heterocycles. The fraction of sp³-hybridized carbons (Fsp3) is 0.786. The molecule has 37 heavy (non-hydrogen) atoms. The number of carbonyl (C=O) groups is 4. The molecule has 212 valence electrons. The third-order valence-corrected chi connectivity index (χ3v) is 6.41. The summed E-state index contributed by atoms with van der Waals surface area (Å²) in [6.07, 6.45) is 2.39. The number of hydrogen-bond donors (Lipinski definition) is 1. The Labute approximate surface area is 223 Å². The molecule has 1 aliphatic heterocycles. The second-order valence-corrected chi connectivity index (χ2v) is 12.3. The van der Waals surface area contributed by atoms with Crippen LogP contribution in [-0.2, 0) is 23.9 Å². The van der Waals surface area contributed by atoms with Crippen molar-refractivity contribution >= 4 is 23.9 Å². The first-order valence-electron chi connectivity index (χ1n) is 13.3. The monoisotopic (exact) mass is 523 g/mol. The molecule has 9 nitrogen and oxygen atoms in total. The highest BCUT2D eigenvalue weighted by Crippen LogP contribution is 2.26. The molecule has 2 atom stereocenters. The van der Waals surface area contributed by atoms with E-state index in [1.807, 2.05) is 55.4 Å². The van der Waals surface area contributed by atoms with E-state index in [-0.39, 0.29) is 42.4 Å². The molecule has 0 spiro atoms. The van der Waals surface area contributed by atoms with Crippen molar-refractivity contribution in [3.05, 3.63) is 11.6 Å². The zero-order chi connectivity index (χ0) is 28.7. The van der Waals surface area contributed by atoms with Gasteiger partial charge in [0.25, 0.3) is 0 Å². The summed E-state index contributed by atoms with van der Waals surface area (Å²) in [5.41, 5.74) is -0.678. The summed E-state index contributed by atoms with van der Waals surface area (Å²) in [5.74, 6) is -1.09. The van der Waals surface area contributed by atoms with Gasteiger partial charge < -0.3 is 24.6 Å². The van der Waals surface area contributed by atoms with E-state index in [4.69, 9.17) is 9.47 Å². The maximum Gasteiger partial charge on any atom is 0.410 e. The Balaban J connectivity index is 2.97. The molecular weight excluding hydrogens is 474 g/mol. The molecule has 0 aliphatic carbocycles. The molecule has 0 aromatic rings. The molecule has 0 bridgehead atoms. The van der Waals surface area contributed by atoms with E-state index in [0.29, 0.717) is 31.5 Å². The molecule has 1 aliphatic rings. The maximum atomic E-state index is 13.7. The molecule has 1 saturated heterocycles. The van der Waals surface area contributed by atoms with Gasteiger partial charge in [-0.3, -0.25) is 9.59 Å². The molecular formula is C28H49N3O6. The molecule has 1 rings (SSSR count). The van der Waals surface area contributed by atoms with E-state index in [1.165, 1.54) is 0 Å². The highest BCUT2D eigenvalue weighted by Gasteiger charge is 2.39. The smallest absolute Gasteiger partial charge is 0.410 e. The Morgan fingerprint density at radius 3 is 2.03 bits per heavy atom. The second-order valence-electron chi connectivity index (χ2n) is 12.3. The van der Waals surface area contributed by atoms with Crippen LogP contribution in [0.1, 0.15) is 82.1 Å². The standard InChI is InChI=1S/C28H49N3O6/c1-12-36-25(34)19(4)17-21(18(2)3)30(11)24(33)22(27(5,6)7)29-23(32)20-13-15-31(16-14-20)26(35)37-28(8,9)10/h17-18,20-22H,12-16H2,1-11H3,(H,29,32)/b19-17+/t21-,22?/m1/s1. The lowest BCUT2D eigenvalue weighted by Gasteiger charge is -2.38. The van der Waals surface area contributed by atoms with Crippen molar-refractivity contribution in [2.24, 2.45) is 17.3 Å². The molecule has 0 radical (unpaired) electrons. The largest absolute Gasteiger partial charge is 0.463 e. The van der Waals surface area contributed by atoms with Crippen molar-refractivity contribution in [2.45, 2.75) is 99.8 Å². The molecule has 3 amide bonds. The van der Waals surface area contributed by atoms with Crippen LogP contribution in [-0.4, -0.2) is 78.1 Å². The minimum absolute atomic E-state index is 0.0341. The van der Waals surface area contributed by atoms with Crippen LogP contribution in [0.5, 0.6) is 0 Å². The first kappa shape index (κ1) is 32.4. The van der Waals surface area contributed by atoms with Gasteiger partial charge in [-0.1, -0.05) is 40.7 Å². The van der Waals surface area contributed by atoms with Gasteiger partial charge in [0.1, 0.15) is 11.6 Å². The average Bonchev–Trinajstić information content (AvgIpc) is 2.77. The number of nitrogens with zero attached hydrogens (tertiary/aromatic N) is 2. The van der Waals surface area contributed by atoms with E-state index < -0.39 is 23.0 Å². The lowest BCUT2D eigenvalue weighted by atomic mass is 9.84. The van der Waals surface area contributed by atoms with Crippen molar-refractivity contribution in [2.75, 3.05) is 26.7 Å². The minimum Gasteiger partial charge on any atom is -0.463 e. The Morgan fingerprint density at radius 2 is 1.59 bits per heavy atom. The number of esters is 1. The zero-order valence-electron chi connectivity index (χ0n) is 24.8. The van der Waals surface area contributed by atoms with Crippen LogP contribution >= 0.6 is 0 Å². The van der Waals surface area contributed by atoms with Gasteiger partial charge in [-0.05, 0) is 58.8 Å². The van der Waals surface area contributed by atoms with Gasteiger partial charge in [0.05, 0.1) is 12.6 Å². The first-order valence-corrected chi connectivity index (χ1v) is 13.3. The summed E-state index contributed by atoms with van der Waals surface area (Å²) in [6.45, 7) is 19.7. The number of likely N-dealkylation sites (tertiary alicyclic amines) is 1. The van der Waals surface area contributed by atoms with Gasteiger partial charge >= 0.3 is 12.1 Å². The number of carbonyl (C=O) groups excluding carboxylic acids is 4. The van der Waals surface area contributed by atoms with E-state index in [0.717, 1.165) is 0 Å². The number of rotatable bonds is 8. The number of amides is 3. The van der Waals surface area contributed by atoms with Crippen LogP contribution in [0, 0.1) is 17.3 Å². The van der Waals surface area contributed by atoms with Gasteiger partial charge in [-0.15, -0.1) is 0 Å². The van der Waals surface area contributed by atoms with E-state index in [2.05, 4.69) is 5.32 Å². The highest BCUT2D eigenvalue weighted by atomic mass is 16.6. The van der Waals surface area contributed by atoms with Crippen LogP contribution in [0.25, 0.3) is 0 Å². The van der Waals surface area contributed by atoms with Crippen LogP contribution in [0.4, 0.5) is 4.79 Å². The summed E-state index contributed by atoms with van der Waals surface area (Å²) in [5, 5.41) is 3.00. The highest BCUT2D eigenvalue weighted by molar-refractivity contribution is 5.90. The first-order chi connectivity index (χ1) is 16.9. The third kappa shape index (κ3) is 10.0. The summed E-state index contributed by atoms with van der Waals surface area (Å²) in [6, 6.07) is -1.11. The summed E-state index contributed by atoms with van der Waals surface area (Å²) in [7, 11) is 1.70. The predicted octanol–water partition coefficient (Wildman–Crippen LogP) is 4.16. The number of ether oxygens (including phenoxy) is 2. The molecule has 0 saturated carbocycles. The topological polar surface area (TPSA) is 105 Å². The van der Waals surface area contributed by atoms with E-state index >= 15 is 0 Å². The fourth-order valence-electron chi connectivity index (χ4n) is 4.23. The van der Waals surface area contributed by atoms with Crippen LogP contribution in [0.3, 0.4) is 0 Å². The van der Waals surface area contributed by atoms with Gasteiger partial charge in [-0.2, -0.15) is 0 Å². The Hall–Kier alpha value is -2.58. The number of nitrogens with one attached hydrogen (secondary N) is 1. The van der Waals surface area contributed by atoms with Crippen molar-refractivity contribution in [3.8, 4) is 0 Å². The van der Waals surface area contributed by atoms with Crippen molar-refractivity contribution in [1.82, 2.24) is 15.1 Å². The van der Waals surface area contributed by atoms with Gasteiger partial charge in [0.2, 0.25) is 11.8 Å². The van der Waals surface area contributed by atoms with Crippen molar-refractivity contribution in [1.29, 1.82) is 0 Å². The third-order valence-electron chi connectivity index (χ3n) is 6.41. The molecule has 1 N–H and O–H groups in total. The van der Waals surface area contributed by atoms with E-state index in [1.54, 1.807) is 36.8 Å². The summed E-state index contributed by atoms with van der Waals surface area (Å²) >= 11 is 0. The minimum atomic E-state index is -0.758. The lowest BCUT2D eigenvalue weighted by Crippen LogP contribution is -2.57. The SMILES string of the molecule is CCOC(=O)/C(C)=C/[C@H](C(C)C)N(C)C(=O)C(NC(=O)C1CCN(C(=O)OC(C)(C)C)CC1)C(C)(C)C.